The van der Waals surface area contributed by atoms with Crippen LogP contribution >= 0.6 is 0 Å². The van der Waals surface area contributed by atoms with E-state index in [4.69, 9.17) is 0 Å². The van der Waals surface area contributed by atoms with E-state index in [9.17, 15) is 4.79 Å². The van der Waals surface area contributed by atoms with Gasteiger partial charge in [0.25, 0.3) is 0 Å². The Balaban J connectivity index is 1.92. The zero-order valence-electron chi connectivity index (χ0n) is 13.9. The van der Waals surface area contributed by atoms with E-state index < -0.39 is 0 Å². The van der Waals surface area contributed by atoms with Crippen LogP contribution in [0.1, 0.15) is 22.4 Å². The van der Waals surface area contributed by atoms with Crippen LogP contribution in [0, 0.1) is 13.8 Å². The summed E-state index contributed by atoms with van der Waals surface area (Å²) in [6, 6.07) is 16.2. The average molecular weight is 306 g/mol. The number of aromatic amines is 1. The molecule has 118 valence electrons. The third-order valence-electron chi connectivity index (χ3n) is 4.28. The fourth-order valence-corrected chi connectivity index (χ4v) is 3.03. The first-order valence-electron chi connectivity index (χ1n) is 7.90. The zero-order valence-corrected chi connectivity index (χ0v) is 13.9. The number of aromatic nitrogens is 1. The first kappa shape index (κ1) is 15.5. The van der Waals surface area contributed by atoms with Crippen LogP contribution in [0.5, 0.6) is 0 Å². The van der Waals surface area contributed by atoms with Crippen molar-refractivity contribution in [3.05, 3.63) is 81.1 Å². The molecule has 3 aromatic rings. The van der Waals surface area contributed by atoms with Gasteiger partial charge in [0.1, 0.15) is 0 Å². The number of nitrogens with one attached hydrogen (secondary N) is 1. The fourth-order valence-electron chi connectivity index (χ4n) is 3.03. The topological polar surface area (TPSA) is 36.1 Å². The molecular weight excluding hydrogens is 284 g/mol. The number of benzene rings is 2. The Kier molecular flexibility index (Phi) is 4.30. The predicted molar refractivity (Wildman–Crippen MR) is 95.7 cm³/mol. The summed E-state index contributed by atoms with van der Waals surface area (Å²) in [6.45, 7) is 5.48. The highest BCUT2D eigenvalue weighted by Gasteiger charge is 2.12. The molecule has 23 heavy (non-hydrogen) atoms. The molecule has 0 spiro atoms. The van der Waals surface area contributed by atoms with E-state index >= 15 is 0 Å². The van der Waals surface area contributed by atoms with Crippen LogP contribution in [0.15, 0.2) is 53.3 Å². The Labute approximate surface area is 136 Å². The minimum absolute atomic E-state index is 0.139. The molecule has 1 heterocycles. The normalized spacial score (nSPS) is 11.3. The Hall–Kier alpha value is -2.39. The summed E-state index contributed by atoms with van der Waals surface area (Å²) in [5.41, 5.74) is 5.25. The Morgan fingerprint density at radius 2 is 1.70 bits per heavy atom. The van der Waals surface area contributed by atoms with Crippen LogP contribution in [0.3, 0.4) is 0 Å². The molecule has 0 saturated heterocycles. The molecule has 2 aromatic carbocycles. The summed E-state index contributed by atoms with van der Waals surface area (Å²) in [4.78, 5) is 18.4. The van der Waals surface area contributed by atoms with Gasteiger partial charge in [-0.1, -0.05) is 42.5 Å². The molecule has 0 saturated carbocycles. The molecule has 3 heteroatoms. The number of rotatable bonds is 4. The van der Waals surface area contributed by atoms with E-state index in [1.165, 1.54) is 5.56 Å². The SMILES string of the molecule is Cc1[nH]c2c(C)cccc2c(=O)c1CN(C)Cc1ccccc1. The van der Waals surface area contributed by atoms with E-state index in [2.05, 4.69) is 22.0 Å². The van der Waals surface area contributed by atoms with E-state index in [0.717, 1.165) is 34.3 Å². The summed E-state index contributed by atoms with van der Waals surface area (Å²) in [5, 5.41) is 0.777. The summed E-state index contributed by atoms with van der Waals surface area (Å²) in [6.07, 6.45) is 0. The quantitative estimate of drug-likeness (QED) is 0.796. The van der Waals surface area contributed by atoms with E-state index in [1.54, 1.807) is 0 Å². The van der Waals surface area contributed by atoms with Gasteiger partial charge in [-0.25, -0.2) is 0 Å². The first-order valence-corrected chi connectivity index (χ1v) is 7.90. The Morgan fingerprint density at radius 1 is 0.957 bits per heavy atom. The molecule has 0 radical (unpaired) electrons. The Bertz CT molecular complexity index is 881. The van der Waals surface area contributed by atoms with Crippen molar-refractivity contribution in [2.24, 2.45) is 0 Å². The molecule has 0 aliphatic rings. The monoisotopic (exact) mass is 306 g/mol. The molecule has 0 unspecified atom stereocenters. The molecule has 3 nitrogen and oxygen atoms in total. The third-order valence-corrected chi connectivity index (χ3v) is 4.28. The lowest BCUT2D eigenvalue weighted by molar-refractivity contribution is 0.317. The molecule has 0 fully saturated rings. The number of hydrogen-bond acceptors (Lipinski definition) is 2. The van der Waals surface area contributed by atoms with Crippen molar-refractivity contribution in [2.45, 2.75) is 26.9 Å². The van der Waals surface area contributed by atoms with Crippen molar-refractivity contribution in [3.63, 3.8) is 0 Å². The number of aryl methyl sites for hydroxylation is 2. The van der Waals surface area contributed by atoms with Gasteiger partial charge in [-0.15, -0.1) is 0 Å². The van der Waals surface area contributed by atoms with Crippen LogP contribution in [0.2, 0.25) is 0 Å². The van der Waals surface area contributed by atoms with E-state index in [-0.39, 0.29) is 5.43 Å². The van der Waals surface area contributed by atoms with Crippen molar-refractivity contribution in [1.29, 1.82) is 0 Å². The van der Waals surface area contributed by atoms with Gasteiger partial charge in [-0.2, -0.15) is 0 Å². The van der Waals surface area contributed by atoms with Crippen molar-refractivity contribution in [1.82, 2.24) is 9.88 Å². The fraction of sp³-hybridized carbons (Fsp3) is 0.250. The average Bonchev–Trinajstić information content (AvgIpc) is 2.53. The van der Waals surface area contributed by atoms with Gasteiger partial charge in [0.15, 0.2) is 5.43 Å². The minimum Gasteiger partial charge on any atom is -0.358 e. The lowest BCUT2D eigenvalue weighted by atomic mass is 10.1. The Morgan fingerprint density at radius 3 is 2.43 bits per heavy atom. The number of fused-ring (bicyclic) bond motifs is 1. The number of H-pyrrole nitrogens is 1. The number of para-hydroxylation sites is 1. The first-order chi connectivity index (χ1) is 11.1. The maximum absolute atomic E-state index is 12.8. The minimum atomic E-state index is 0.139. The largest absolute Gasteiger partial charge is 0.358 e. The van der Waals surface area contributed by atoms with Crippen LogP contribution in [-0.2, 0) is 13.1 Å². The van der Waals surface area contributed by atoms with E-state index in [0.29, 0.717) is 6.54 Å². The van der Waals surface area contributed by atoms with Gasteiger partial charge in [0.2, 0.25) is 0 Å². The maximum atomic E-state index is 12.8. The highest BCUT2D eigenvalue weighted by molar-refractivity contribution is 5.82. The van der Waals surface area contributed by atoms with Crippen LogP contribution in [-0.4, -0.2) is 16.9 Å². The van der Waals surface area contributed by atoms with Crippen molar-refractivity contribution in [3.8, 4) is 0 Å². The lowest BCUT2D eigenvalue weighted by Gasteiger charge is -2.18. The zero-order chi connectivity index (χ0) is 16.4. The lowest BCUT2D eigenvalue weighted by Crippen LogP contribution is -2.24. The second kappa shape index (κ2) is 6.39. The molecule has 0 aliphatic heterocycles. The standard InChI is InChI=1S/C20H22N2O/c1-14-8-7-11-17-19(14)21-15(2)18(20(17)23)13-22(3)12-16-9-5-4-6-10-16/h4-11H,12-13H2,1-3H3,(H,21,23). The predicted octanol–water partition coefficient (Wildman–Crippen LogP) is 3.78. The van der Waals surface area contributed by atoms with Gasteiger partial charge in [0.05, 0.1) is 5.52 Å². The summed E-state index contributed by atoms with van der Waals surface area (Å²) >= 11 is 0. The van der Waals surface area contributed by atoms with Gasteiger partial charge in [0, 0.05) is 29.7 Å². The number of nitrogens with zero attached hydrogens (tertiary/aromatic N) is 1. The van der Waals surface area contributed by atoms with Gasteiger partial charge >= 0.3 is 0 Å². The highest BCUT2D eigenvalue weighted by atomic mass is 16.1. The van der Waals surface area contributed by atoms with Crippen LogP contribution < -0.4 is 5.43 Å². The van der Waals surface area contributed by atoms with Crippen molar-refractivity contribution < 1.29 is 0 Å². The summed E-state index contributed by atoms with van der Waals surface area (Å²) in [7, 11) is 2.05. The second-order valence-electron chi connectivity index (χ2n) is 6.21. The van der Waals surface area contributed by atoms with Crippen molar-refractivity contribution >= 4 is 10.9 Å². The van der Waals surface area contributed by atoms with Gasteiger partial charge in [-0.05, 0) is 38.1 Å². The van der Waals surface area contributed by atoms with Gasteiger partial charge < -0.3 is 4.98 Å². The van der Waals surface area contributed by atoms with Crippen molar-refractivity contribution in [2.75, 3.05) is 7.05 Å². The molecule has 0 amide bonds. The van der Waals surface area contributed by atoms with Crippen LogP contribution in [0.4, 0.5) is 0 Å². The summed E-state index contributed by atoms with van der Waals surface area (Å²) in [5.74, 6) is 0. The maximum Gasteiger partial charge on any atom is 0.194 e. The van der Waals surface area contributed by atoms with Crippen LogP contribution in [0.25, 0.3) is 10.9 Å². The molecule has 0 aliphatic carbocycles. The van der Waals surface area contributed by atoms with Gasteiger partial charge in [-0.3, -0.25) is 9.69 Å². The molecular formula is C20H22N2O. The molecule has 0 atom stereocenters. The molecule has 3 rings (SSSR count). The smallest absolute Gasteiger partial charge is 0.194 e. The van der Waals surface area contributed by atoms with E-state index in [1.807, 2.05) is 57.3 Å². The molecule has 0 bridgehead atoms. The number of pyridine rings is 1. The third kappa shape index (κ3) is 3.20. The highest BCUT2D eigenvalue weighted by Crippen LogP contribution is 2.16. The molecule has 1 aromatic heterocycles. The molecule has 1 N–H and O–H groups in total. The summed E-state index contributed by atoms with van der Waals surface area (Å²) < 4.78 is 0. The number of hydrogen-bond donors (Lipinski definition) is 1. The second-order valence-corrected chi connectivity index (χ2v) is 6.21.